The summed E-state index contributed by atoms with van der Waals surface area (Å²) >= 11 is 6.06. The quantitative estimate of drug-likeness (QED) is 0.555. The van der Waals surface area contributed by atoms with Gasteiger partial charge in [-0.2, -0.15) is 0 Å². The molecule has 2 rings (SSSR count). The van der Waals surface area contributed by atoms with E-state index in [1.807, 2.05) is 20.0 Å². The van der Waals surface area contributed by atoms with Crippen LogP contribution in [0.25, 0.3) is 6.20 Å². The third-order valence-electron chi connectivity index (χ3n) is 3.59. The lowest BCUT2D eigenvalue weighted by Gasteiger charge is -2.11. The lowest BCUT2D eigenvalue weighted by atomic mass is 10.2. The molecule has 6 nitrogen and oxygen atoms in total. The first-order valence-electron chi connectivity index (χ1n) is 8.14. The number of aromatic nitrogens is 2. The van der Waals surface area contributed by atoms with Crippen molar-refractivity contribution >= 4 is 27.8 Å². The van der Waals surface area contributed by atoms with E-state index in [1.165, 1.54) is 19.2 Å². The lowest BCUT2D eigenvalue weighted by molar-refractivity contribution is 0.308. The Hall–Kier alpha value is -2.51. The number of imidazole rings is 1. The fraction of sp³-hybridized carbons (Fsp3) is 0.211. The van der Waals surface area contributed by atoms with Crippen molar-refractivity contribution in [3.63, 3.8) is 0 Å². The Morgan fingerprint density at radius 3 is 2.63 bits per heavy atom. The number of benzene rings is 1. The maximum absolute atomic E-state index is 12.7. The Balaban J connectivity index is 2.36. The Bertz CT molecular complexity index is 1000. The number of aryl methyl sites for hydroxylation is 2. The van der Waals surface area contributed by atoms with Crippen LogP contribution in [0, 0.1) is 13.8 Å². The third kappa shape index (κ3) is 5.74. The summed E-state index contributed by atoms with van der Waals surface area (Å²) in [6.07, 6.45) is 10.1. The van der Waals surface area contributed by atoms with Crippen LogP contribution in [0.15, 0.2) is 65.3 Å². The van der Waals surface area contributed by atoms with Gasteiger partial charge in [-0.15, -0.1) is 0 Å². The standard InChI is InChI=1S/C19H22ClN3O3S/c1-5-6-16(9-17(26-4)12-23-11-15(3)21-13-23)22-27(24,25)18-8-7-14(2)19(20)10-18/h5-13,22H,1-4H3/b6-5-,16-9+,17-12-. The summed E-state index contributed by atoms with van der Waals surface area (Å²) in [4.78, 5) is 4.22. The van der Waals surface area contributed by atoms with Crippen LogP contribution in [0.5, 0.6) is 0 Å². The smallest absolute Gasteiger partial charge is 0.261 e. The molecule has 2 aromatic rings. The van der Waals surface area contributed by atoms with E-state index in [4.69, 9.17) is 16.3 Å². The number of methoxy groups -OCH3 is 1. The van der Waals surface area contributed by atoms with Gasteiger partial charge in [-0.05, 0) is 44.5 Å². The Morgan fingerprint density at radius 1 is 1.33 bits per heavy atom. The molecule has 27 heavy (non-hydrogen) atoms. The van der Waals surface area contributed by atoms with Crippen LogP contribution in [0.1, 0.15) is 18.2 Å². The molecule has 1 heterocycles. The summed E-state index contributed by atoms with van der Waals surface area (Å²) < 4.78 is 35.0. The second-order valence-electron chi connectivity index (χ2n) is 5.81. The zero-order valence-electron chi connectivity index (χ0n) is 15.6. The average molecular weight is 408 g/mol. The summed E-state index contributed by atoms with van der Waals surface area (Å²) in [5, 5.41) is 0.391. The van der Waals surface area contributed by atoms with Gasteiger partial charge in [0.1, 0.15) is 5.76 Å². The second kappa shape index (κ2) is 8.92. The highest BCUT2D eigenvalue weighted by Gasteiger charge is 2.16. The maximum Gasteiger partial charge on any atom is 0.261 e. The molecular formula is C19H22ClN3O3S. The molecule has 0 saturated heterocycles. The van der Waals surface area contributed by atoms with Crippen molar-refractivity contribution in [2.24, 2.45) is 0 Å². The summed E-state index contributed by atoms with van der Waals surface area (Å²) in [6, 6.07) is 4.60. The summed E-state index contributed by atoms with van der Waals surface area (Å²) in [5.74, 6) is 0.449. The van der Waals surface area contributed by atoms with Gasteiger partial charge in [0.15, 0.2) is 0 Å². The van der Waals surface area contributed by atoms with Crippen molar-refractivity contribution in [1.29, 1.82) is 0 Å². The van der Waals surface area contributed by atoms with Gasteiger partial charge < -0.3 is 9.30 Å². The van der Waals surface area contributed by atoms with Gasteiger partial charge >= 0.3 is 0 Å². The number of ether oxygens (including phenoxy) is 1. The molecule has 0 fully saturated rings. The average Bonchev–Trinajstić information content (AvgIpc) is 3.01. The monoisotopic (exact) mass is 407 g/mol. The molecule has 0 atom stereocenters. The molecule has 1 N–H and O–H groups in total. The van der Waals surface area contributed by atoms with Crippen LogP contribution in [0.2, 0.25) is 5.02 Å². The molecule has 1 aromatic heterocycles. The molecule has 8 heteroatoms. The van der Waals surface area contributed by atoms with Crippen molar-refractivity contribution < 1.29 is 13.2 Å². The molecule has 0 aliphatic heterocycles. The number of allylic oxidation sites excluding steroid dienone is 3. The summed E-state index contributed by atoms with van der Waals surface area (Å²) in [7, 11) is -2.29. The Morgan fingerprint density at radius 2 is 2.07 bits per heavy atom. The van der Waals surface area contributed by atoms with E-state index in [1.54, 1.807) is 48.3 Å². The fourth-order valence-electron chi connectivity index (χ4n) is 2.21. The van der Waals surface area contributed by atoms with Gasteiger partial charge in [0.05, 0.1) is 35.9 Å². The highest BCUT2D eigenvalue weighted by Crippen LogP contribution is 2.20. The van der Waals surface area contributed by atoms with Gasteiger partial charge in [-0.25, -0.2) is 13.4 Å². The molecule has 0 saturated carbocycles. The molecule has 144 valence electrons. The normalized spacial score (nSPS) is 13.2. The minimum absolute atomic E-state index is 0.0849. The first kappa shape index (κ1) is 20.8. The van der Waals surface area contributed by atoms with Crippen LogP contribution < -0.4 is 4.72 Å². The van der Waals surface area contributed by atoms with Crippen LogP contribution in [-0.2, 0) is 14.8 Å². The van der Waals surface area contributed by atoms with Gasteiger partial charge in [0.25, 0.3) is 10.0 Å². The van der Waals surface area contributed by atoms with Crippen LogP contribution in [0.3, 0.4) is 0 Å². The molecule has 0 unspecified atom stereocenters. The molecule has 1 aromatic carbocycles. The number of rotatable bonds is 7. The van der Waals surface area contributed by atoms with E-state index < -0.39 is 10.0 Å². The number of nitrogens with zero attached hydrogens (tertiary/aromatic N) is 2. The second-order valence-corrected chi connectivity index (χ2v) is 7.90. The first-order chi connectivity index (χ1) is 12.7. The van der Waals surface area contributed by atoms with Gasteiger partial charge in [-0.1, -0.05) is 23.7 Å². The molecule has 0 amide bonds. The van der Waals surface area contributed by atoms with Crippen molar-refractivity contribution in [2.75, 3.05) is 7.11 Å². The highest BCUT2D eigenvalue weighted by atomic mass is 35.5. The van der Waals surface area contributed by atoms with Gasteiger partial charge in [-0.3, -0.25) is 4.72 Å². The van der Waals surface area contributed by atoms with Crippen molar-refractivity contribution in [3.8, 4) is 0 Å². The van der Waals surface area contributed by atoms with E-state index in [9.17, 15) is 8.42 Å². The molecule has 0 bridgehead atoms. The summed E-state index contributed by atoms with van der Waals surface area (Å²) in [5.41, 5.74) is 2.01. The van der Waals surface area contributed by atoms with E-state index in [0.717, 1.165) is 11.3 Å². The lowest BCUT2D eigenvalue weighted by Crippen LogP contribution is -2.22. The Labute approximate surface area is 164 Å². The zero-order valence-corrected chi connectivity index (χ0v) is 17.2. The molecule has 0 aliphatic rings. The molecule has 0 radical (unpaired) electrons. The van der Waals surface area contributed by atoms with Crippen LogP contribution in [-0.4, -0.2) is 25.1 Å². The van der Waals surface area contributed by atoms with Crippen LogP contribution in [0.4, 0.5) is 0 Å². The minimum Gasteiger partial charge on any atom is -0.495 e. The molecule has 0 aliphatic carbocycles. The summed E-state index contributed by atoms with van der Waals surface area (Å²) in [6.45, 7) is 5.48. The van der Waals surface area contributed by atoms with Gasteiger partial charge in [0.2, 0.25) is 0 Å². The minimum atomic E-state index is -3.80. The molecule has 0 spiro atoms. The number of halogens is 1. The van der Waals surface area contributed by atoms with Crippen LogP contribution >= 0.6 is 11.6 Å². The zero-order chi connectivity index (χ0) is 20.0. The van der Waals surface area contributed by atoms with E-state index >= 15 is 0 Å². The highest BCUT2D eigenvalue weighted by molar-refractivity contribution is 7.89. The Kier molecular flexibility index (Phi) is 6.87. The van der Waals surface area contributed by atoms with Crippen molar-refractivity contribution in [3.05, 3.63) is 76.7 Å². The topological polar surface area (TPSA) is 73.2 Å². The SMILES string of the molecule is C\C=C/C(=C\C(=C\n1cnc(C)c1)OC)NS(=O)(=O)c1ccc(C)c(Cl)c1. The fourth-order valence-corrected chi connectivity index (χ4v) is 3.53. The van der Waals surface area contributed by atoms with Crippen molar-refractivity contribution in [2.45, 2.75) is 25.7 Å². The third-order valence-corrected chi connectivity index (χ3v) is 5.38. The largest absolute Gasteiger partial charge is 0.495 e. The number of nitrogens with one attached hydrogen (secondary N) is 1. The number of hydrogen-bond acceptors (Lipinski definition) is 4. The van der Waals surface area contributed by atoms with E-state index in [0.29, 0.717) is 16.5 Å². The maximum atomic E-state index is 12.7. The van der Waals surface area contributed by atoms with Gasteiger partial charge in [0, 0.05) is 17.3 Å². The predicted molar refractivity (Wildman–Crippen MR) is 108 cm³/mol. The number of sulfonamides is 1. The van der Waals surface area contributed by atoms with Crippen molar-refractivity contribution in [1.82, 2.24) is 14.3 Å². The number of hydrogen-bond donors (Lipinski definition) is 1. The van der Waals surface area contributed by atoms with E-state index in [-0.39, 0.29) is 4.90 Å². The van der Waals surface area contributed by atoms with E-state index in [2.05, 4.69) is 9.71 Å². The predicted octanol–water partition coefficient (Wildman–Crippen LogP) is 4.04. The molecular weight excluding hydrogens is 386 g/mol. The first-order valence-corrected chi connectivity index (χ1v) is 10.0.